The van der Waals surface area contributed by atoms with Gasteiger partial charge in [-0.15, -0.1) is 0 Å². The standard InChI is InChI=1S/C20H27N7O.C16H28N2O3Si.C10H15N5/c1-5-26-11-14(9-21-26)13(2)27-12-15(10-22-27)23-19(28)18-16-6-7-20(3,4)8-17(16)24-25-18;1-16(2)7-6-12-13(10-16)18(17-14(12)15(19)20)11-21-8-9-22(3,4)5;1-3-14-6-9(4-12-14)8(2)15-7-10(11)5-13-15/h9-13H,5-8H2,1-4H3,(H,23,28)(H,24,25);6-11H2,1-5H3,(H,19,20);4-8H,3,11H2,1-2H3. The zero-order chi connectivity index (χ0) is 47.3. The fraction of sp³-hybridized carbons (Fsp3) is 0.565. The molecule has 0 fully saturated rings. The molecule has 0 spiro atoms. The summed E-state index contributed by atoms with van der Waals surface area (Å²) in [6, 6.07) is 1.31. The van der Waals surface area contributed by atoms with Gasteiger partial charge in [0, 0.05) is 86.2 Å². The summed E-state index contributed by atoms with van der Waals surface area (Å²) in [5, 5.41) is 41.1. The normalized spacial score (nSPS) is 16.0. The zero-order valence-electron chi connectivity index (χ0n) is 40.2. The Morgan fingerprint density at radius 1 is 0.831 bits per heavy atom. The van der Waals surface area contributed by atoms with Crippen molar-refractivity contribution in [1.82, 2.24) is 59.1 Å². The quantitative estimate of drug-likeness (QED) is 0.0608. The fourth-order valence-electron chi connectivity index (χ4n) is 8.05. The number of aromatic nitrogens is 12. The van der Waals surface area contributed by atoms with Crippen LogP contribution in [0.4, 0.5) is 11.4 Å². The van der Waals surface area contributed by atoms with Crippen molar-refractivity contribution in [2.24, 2.45) is 10.8 Å². The second kappa shape index (κ2) is 20.1. The molecule has 0 radical (unpaired) electrons. The number of anilines is 2. The van der Waals surface area contributed by atoms with Gasteiger partial charge in [-0.3, -0.25) is 28.6 Å². The lowest BCUT2D eigenvalue weighted by Crippen LogP contribution is -2.25. The lowest BCUT2D eigenvalue weighted by atomic mass is 9.76. The van der Waals surface area contributed by atoms with Gasteiger partial charge in [0.05, 0.1) is 48.2 Å². The third-order valence-electron chi connectivity index (χ3n) is 12.3. The van der Waals surface area contributed by atoms with Crippen LogP contribution in [0, 0.1) is 10.8 Å². The van der Waals surface area contributed by atoms with Crippen LogP contribution in [0.15, 0.2) is 49.6 Å². The number of nitrogens with zero attached hydrogens (tertiary/aromatic N) is 11. The van der Waals surface area contributed by atoms with Crippen LogP contribution in [0.2, 0.25) is 25.7 Å². The van der Waals surface area contributed by atoms with E-state index in [0.717, 1.165) is 97.9 Å². The maximum absolute atomic E-state index is 12.8. The van der Waals surface area contributed by atoms with E-state index in [1.54, 1.807) is 17.1 Å². The van der Waals surface area contributed by atoms with E-state index in [4.69, 9.17) is 10.5 Å². The highest BCUT2D eigenvalue weighted by atomic mass is 28.3. The van der Waals surface area contributed by atoms with E-state index in [2.05, 4.69) is 116 Å². The first kappa shape index (κ1) is 48.6. The number of aromatic carboxylic acids is 1. The number of nitrogens with two attached hydrogens (primary N) is 1. The Hall–Kier alpha value is -5.82. The SMILES string of the molecule is CC1(C)CCc2c(C(=O)O)nn(COCC[Si](C)(C)C)c2C1.CCn1cc(C(C)n2cc(N)cn2)cn1.CCn1cc(C(C)n2cc(NC(=O)c3n[nH]c4c3CCC(C)(C)C4)cn2)cn1. The van der Waals surface area contributed by atoms with Crippen molar-refractivity contribution in [3.63, 3.8) is 0 Å². The van der Waals surface area contributed by atoms with Crippen molar-refractivity contribution < 1.29 is 19.4 Å². The summed E-state index contributed by atoms with van der Waals surface area (Å²) in [7, 11) is -1.11. The van der Waals surface area contributed by atoms with Crippen molar-refractivity contribution in [2.75, 3.05) is 17.7 Å². The van der Waals surface area contributed by atoms with E-state index in [1.807, 2.05) is 55.9 Å². The lowest BCUT2D eigenvalue weighted by Gasteiger charge is -2.30. The smallest absolute Gasteiger partial charge is 0.356 e. The number of fused-ring (bicyclic) bond motifs is 2. The molecule has 2 aliphatic carbocycles. The Kier molecular flexibility index (Phi) is 15.1. The predicted molar refractivity (Wildman–Crippen MR) is 254 cm³/mol. The van der Waals surface area contributed by atoms with Gasteiger partial charge in [-0.2, -0.15) is 30.6 Å². The van der Waals surface area contributed by atoms with Crippen molar-refractivity contribution in [1.29, 1.82) is 0 Å². The van der Waals surface area contributed by atoms with Gasteiger partial charge in [-0.05, 0) is 83.1 Å². The molecule has 0 saturated heterocycles. The van der Waals surface area contributed by atoms with Gasteiger partial charge in [0.2, 0.25) is 0 Å². The second-order valence-corrected chi connectivity index (χ2v) is 25.8. The average molecular weight is 911 g/mol. The van der Waals surface area contributed by atoms with Crippen LogP contribution < -0.4 is 11.1 Å². The number of H-pyrrole nitrogens is 1. The van der Waals surface area contributed by atoms with Crippen LogP contribution in [0.1, 0.15) is 135 Å². The number of aromatic amines is 1. The molecule has 6 aromatic heterocycles. The molecular weight excluding hydrogens is 841 g/mol. The number of carboxylic acids is 1. The lowest BCUT2D eigenvalue weighted by molar-refractivity contribution is 0.0667. The monoisotopic (exact) mass is 911 g/mol. The van der Waals surface area contributed by atoms with Gasteiger partial charge in [-0.25, -0.2) is 9.48 Å². The van der Waals surface area contributed by atoms with Crippen molar-refractivity contribution in [2.45, 2.75) is 152 Å². The van der Waals surface area contributed by atoms with Gasteiger partial charge < -0.3 is 20.9 Å². The molecule has 6 aromatic rings. The van der Waals surface area contributed by atoms with E-state index in [9.17, 15) is 14.7 Å². The van der Waals surface area contributed by atoms with Gasteiger partial charge in [0.25, 0.3) is 5.91 Å². The summed E-state index contributed by atoms with van der Waals surface area (Å²) in [5.41, 5.74) is 14.4. The fourth-order valence-corrected chi connectivity index (χ4v) is 8.81. The number of aryl methyl sites for hydroxylation is 2. The molecule has 8 rings (SSSR count). The van der Waals surface area contributed by atoms with Gasteiger partial charge >= 0.3 is 5.97 Å². The Morgan fingerprint density at radius 2 is 1.42 bits per heavy atom. The van der Waals surface area contributed by atoms with E-state index in [1.165, 1.54) is 0 Å². The molecule has 352 valence electrons. The topological polar surface area (TPSA) is 219 Å². The first-order valence-electron chi connectivity index (χ1n) is 22.8. The molecule has 65 heavy (non-hydrogen) atoms. The zero-order valence-corrected chi connectivity index (χ0v) is 41.2. The molecule has 19 heteroatoms. The Labute approximate surface area is 383 Å². The molecule has 2 atom stereocenters. The first-order valence-corrected chi connectivity index (χ1v) is 26.5. The highest BCUT2D eigenvalue weighted by molar-refractivity contribution is 6.76. The number of ether oxygens (including phenoxy) is 1. The number of carbonyl (C=O) groups is 2. The third kappa shape index (κ3) is 12.5. The summed E-state index contributed by atoms with van der Waals surface area (Å²) in [4.78, 5) is 24.2. The van der Waals surface area contributed by atoms with Crippen molar-refractivity contribution in [3.8, 4) is 0 Å². The van der Waals surface area contributed by atoms with Crippen LogP contribution in [-0.4, -0.2) is 90.8 Å². The second-order valence-electron chi connectivity index (χ2n) is 20.2. The molecule has 1 amide bonds. The largest absolute Gasteiger partial charge is 0.476 e. The number of rotatable bonds is 14. The molecule has 18 nitrogen and oxygen atoms in total. The molecule has 2 unspecified atom stereocenters. The van der Waals surface area contributed by atoms with Crippen molar-refractivity contribution >= 4 is 31.3 Å². The molecule has 6 heterocycles. The number of carboxylic acid groups (broad SMARTS) is 1. The summed E-state index contributed by atoms with van der Waals surface area (Å²) in [6.07, 6.45) is 20.3. The highest BCUT2D eigenvalue weighted by Gasteiger charge is 2.33. The predicted octanol–water partition coefficient (Wildman–Crippen LogP) is 7.90. The Balaban J connectivity index is 0.000000169. The van der Waals surface area contributed by atoms with Crippen LogP contribution in [0.5, 0.6) is 0 Å². The number of hydrogen-bond donors (Lipinski definition) is 4. The van der Waals surface area contributed by atoms with Gasteiger partial charge in [-0.1, -0.05) is 47.3 Å². The number of nitrogen functional groups attached to an aromatic ring is 1. The van der Waals surface area contributed by atoms with Crippen LogP contribution in [0.3, 0.4) is 0 Å². The molecule has 0 aromatic carbocycles. The minimum absolute atomic E-state index is 0.0336. The summed E-state index contributed by atoms with van der Waals surface area (Å²) >= 11 is 0. The molecule has 2 aliphatic rings. The van der Waals surface area contributed by atoms with Crippen molar-refractivity contribution in [3.05, 3.63) is 94.6 Å². The Morgan fingerprint density at radius 3 is 1.97 bits per heavy atom. The van der Waals surface area contributed by atoms with E-state index < -0.39 is 14.0 Å². The van der Waals surface area contributed by atoms with Crippen LogP contribution >= 0.6 is 0 Å². The average Bonchev–Trinajstić information content (AvgIpc) is 4.11. The maximum Gasteiger partial charge on any atom is 0.356 e. The summed E-state index contributed by atoms with van der Waals surface area (Å²) in [5.74, 6) is -1.12. The van der Waals surface area contributed by atoms with E-state index in [0.29, 0.717) is 23.8 Å². The minimum Gasteiger partial charge on any atom is -0.476 e. The number of carbonyl (C=O) groups excluding carboxylic acids is 1. The number of hydrogen-bond acceptors (Lipinski definition) is 10. The summed E-state index contributed by atoms with van der Waals surface area (Å²) < 4.78 is 15.0. The number of amides is 1. The van der Waals surface area contributed by atoms with Crippen LogP contribution in [0.25, 0.3) is 0 Å². The Bertz CT molecular complexity index is 2530. The molecule has 0 saturated carbocycles. The van der Waals surface area contributed by atoms with Gasteiger partial charge in [0.1, 0.15) is 6.73 Å². The van der Waals surface area contributed by atoms with Crippen LogP contribution in [-0.2, 0) is 50.2 Å². The van der Waals surface area contributed by atoms with E-state index >= 15 is 0 Å². The van der Waals surface area contributed by atoms with E-state index in [-0.39, 0.29) is 34.5 Å². The maximum atomic E-state index is 12.8. The minimum atomic E-state index is -1.11. The van der Waals surface area contributed by atoms with Gasteiger partial charge in [0.15, 0.2) is 11.4 Å². The molecule has 0 aliphatic heterocycles. The highest BCUT2D eigenvalue weighted by Crippen LogP contribution is 2.37. The first-order chi connectivity index (χ1) is 30.7. The number of nitrogens with one attached hydrogen (secondary N) is 2. The summed E-state index contributed by atoms with van der Waals surface area (Å²) in [6.45, 7) is 26.9. The molecule has 0 bridgehead atoms. The third-order valence-corrected chi connectivity index (χ3v) is 14.0. The molecular formula is C46H70N14O4Si. The molecule has 5 N–H and O–H groups in total.